The molecule has 1 saturated carbocycles. The molecule has 1 aliphatic rings. The van der Waals surface area contributed by atoms with Gasteiger partial charge in [-0.15, -0.1) is 0 Å². The van der Waals surface area contributed by atoms with Crippen molar-refractivity contribution in [2.24, 2.45) is 0 Å². The molecule has 0 bridgehead atoms. The summed E-state index contributed by atoms with van der Waals surface area (Å²) < 4.78 is 0. The zero-order valence-corrected chi connectivity index (χ0v) is 7.33. The highest BCUT2D eigenvalue weighted by atomic mass is 16.6. The van der Waals surface area contributed by atoms with E-state index in [1.54, 1.807) is 0 Å². The van der Waals surface area contributed by atoms with Crippen molar-refractivity contribution in [1.82, 2.24) is 15.4 Å². The largest absolute Gasteiger partial charge is 0.338 e. The summed E-state index contributed by atoms with van der Waals surface area (Å²) >= 11 is 0. The minimum Gasteiger partial charge on any atom is -0.338 e. The van der Waals surface area contributed by atoms with E-state index in [0.29, 0.717) is 11.6 Å². The van der Waals surface area contributed by atoms with Gasteiger partial charge in [0.1, 0.15) is 11.5 Å². The number of imidazole rings is 1. The van der Waals surface area contributed by atoms with Crippen LogP contribution >= 0.6 is 0 Å². The standard InChI is InChI=1S/C8H11N3O2/c1-13-11-8(12)6-4-9-7(10-6)5-2-3-5/h4-5H,2-3H2,1H3,(H,9,10)(H,11,12). The fourth-order valence-corrected chi connectivity index (χ4v) is 1.16. The zero-order chi connectivity index (χ0) is 9.26. The molecule has 0 aromatic carbocycles. The molecule has 5 nitrogen and oxygen atoms in total. The quantitative estimate of drug-likeness (QED) is 0.670. The van der Waals surface area contributed by atoms with Gasteiger partial charge in [0.2, 0.25) is 0 Å². The number of nitrogens with zero attached hydrogens (tertiary/aromatic N) is 1. The summed E-state index contributed by atoms with van der Waals surface area (Å²) in [5.41, 5.74) is 2.67. The lowest BCUT2D eigenvalue weighted by molar-refractivity contribution is 0.0533. The van der Waals surface area contributed by atoms with E-state index in [9.17, 15) is 4.79 Å². The molecule has 2 N–H and O–H groups in total. The number of amides is 1. The third kappa shape index (κ3) is 1.70. The summed E-state index contributed by atoms with van der Waals surface area (Å²) in [7, 11) is 1.40. The maximum atomic E-state index is 11.2. The van der Waals surface area contributed by atoms with E-state index in [-0.39, 0.29) is 5.91 Å². The molecule has 1 fully saturated rings. The van der Waals surface area contributed by atoms with Crippen LogP contribution in [0.3, 0.4) is 0 Å². The van der Waals surface area contributed by atoms with Crippen molar-refractivity contribution in [3.8, 4) is 0 Å². The second-order valence-corrected chi connectivity index (χ2v) is 3.09. The first kappa shape index (κ1) is 8.25. The smallest absolute Gasteiger partial charge is 0.292 e. The molecule has 5 heteroatoms. The van der Waals surface area contributed by atoms with Gasteiger partial charge in [-0.3, -0.25) is 9.63 Å². The number of rotatable bonds is 3. The van der Waals surface area contributed by atoms with Crippen LogP contribution in [0.25, 0.3) is 0 Å². The minimum atomic E-state index is -0.290. The summed E-state index contributed by atoms with van der Waals surface area (Å²) in [5, 5.41) is 0. The fraction of sp³-hybridized carbons (Fsp3) is 0.500. The Bertz CT molecular complexity index is 317. The molecule has 70 valence electrons. The first-order valence-corrected chi connectivity index (χ1v) is 4.19. The van der Waals surface area contributed by atoms with Gasteiger partial charge in [-0.05, 0) is 12.8 Å². The van der Waals surface area contributed by atoms with Gasteiger partial charge < -0.3 is 4.98 Å². The van der Waals surface area contributed by atoms with Crippen LogP contribution in [0.5, 0.6) is 0 Å². The average molecular weight is 181 g/mol. The van der Waals surface area contributed by atoms with Gasteiger partial charge >= 0.3 is 0 Å². The van der Waals surface area contributed by atoms with Crippen molar-refractivity contribution >= 4 is 5.91 Å². The van der Waals surface area contributed by atoms with Crippen LogP contribution < -0.4 is 5.48 Å². The van der Waals surface area contributed by atoms with Crippen molar-refractivity contribution in [1.29, 1.82) is 0 Å². The van der Waals surface area contributed by atoms with Gasteiger partial charge in [-0.25, -0.2) is 10.5 Å². The van der Waals surface area contributed by atoms with Crippen molar-refractivity contribution in [3.63, 3.8) is 0 Å². The molecule has 1 aliphatic carbocycles. The van der Waals surface area contributed by atoms with Crippen molar-refractivity contribution in [2.45, 2.75) is 18.8 Å². The van der Waals surface area contributed by atoms with Crippen LogP contribution in [0.4, 0.5) is 0 Å². The summed E-state index contributed by atoms with van der Waals surface area (Å²) in [6.07, 6.45) is 3.86. The van der Waals surface area contributed by atoms with Gasteiger partial charge in [0.15, 0.2) is 0 Å². The predicted octanol–water partition coefficient (Wildman–Crippen LogP) is 0.578. The third-order valence-electron chi connectivity index (χ3n) is 2.00. The molecule has 1 aromatic heterocycles. The molecular weight excluding hydrogens is 170 g/mol. The van der Waals surface area contributed by atoms with Crippen LogP contribution in [-0.2, 0) is 4.84 Å². The Morgan fingerprint density at radius 2 is 2.54 bits per heavy atom. The van der Waals surface area contributed by atoms with E-state index < -0.39 is 0 Å². The van der Waals surface area contributed by atoms with E-state index in [1.807, 2.05) is 0 Å². The molecule has 0 radical (unpaired) electrons. The number of nitrogens with one attached hydrogen (secondary N) is 2. The van der Waals surface area contributed by atoms with Crippen molar-refractivity contribution < 1.29 is 9.63 Å². The van der Waals surface area contributed by atoms with Crippen molar-refractivity contribution in [3.05, 3.63) is 17.7 Å². The third-order valence-corrected chi connectivity index (χ3v) is 2.00. The zero-order valence-electron chi connectivity index (χ0n) is 7.33. The second kappa shape index (κ2) is 3.18. The lowest BCUT2D eigenvalue weighted by Gasteiger charge is -1.97. The lowest BCUT2D eigenvalue weighted by atomic mass is 10.4. The molecule has 0 atom stereocenters. The molecule has 1 amide bonds. The Kier molecular flexibility index (Phi) is 2.02. The van der Waals surface area contributed by atoms with Crippen LogP contribution in [0.1, 0.15) is 35.1 Å². The van der Waals surface area contributed by atoms with E-state index >= 15 is 0 Å². The molecule has 0 aliphatic heterocycles. The monoisotopic (exact) mass is 181 g/mol. The molecule has 2 rings (SSSR count). The first-order chi connectivity index (χ1) is 6.31. The second-order valence-electron chi connectivity index (χ2n) is 3.09. The fourth-order valence-electron chi connectivity index (χ4n) is 1.16. The number of aromatic amines is 1. The molecular formula is C8H11N3O2. The molecule has 0 spiro atoms. The highest BCUT2D eigenvalue weighted by Crippen LogP contribution is 2.37. The average Bonchev–Trinajstić information content (AvgIpc) is 2.84. The molecule has 0 unspecified atom stereocenters. The number of aromatic nitrogens is 2. The lowest BCUT2D eigenvalue weighted by Crippen LogP contribution is -2.22. The Hall–Kier alpha value is -1.36. The molecule has 0 saturated heterocycles. The van der Waals surface area contributed by atoms with Gasteiger partial charge in [0, 0.05) is 5.92 Å². The van der Waals surface area contributed by atoms with E-state index in [2.05, 4.69) is 20.3 Å². The molecule has 13 heavy (non-hydrogen) atoms. The SMILES string of the molecule is CONC(=O)c1cnc(C2CC2)[nH]1. The van der Waals surface area contributed by atoms with Crippen LogP contribution in [0.15, 0.2) is 6.20 Å². The summed E-state index contributed by atoms with van der Waals surface area (Å²) in [4.78, 5) is 22.8. The summed E-state index contributed by atoms with van der Waals surface area (Å²) in [6, 6.07) is 0. The molecule has 1 aromatic rings. The maximum absolute atomic E-state index is 11.2. The number of H-pyrrole nitrogens is 1. The van der Waals surface area contributed by atoms with Crippen molar-refractivity contribution in [2.75, 3.05) is 7.11 Å². The van der Waals surface area contributed by atoms with E-state index in [4.69, 9.17) is 0 Å². The number of hydroxylamine groups is 1. The van der Waals surface area contributed by atoms with Gasteiger partial charge in [0.25, 0.3) is 5.91 Å². The number of carbonyl (C=O) groups excluding carboxylic acids is 1. The van der Waals surface area contributed by atoms with Gasteiger partial charge in [-0.2, -0.15) is 0 Å². The maximum Gasteiger partial charge on any atom is 0.292 e. The van der Waals surface area contributed by atoms with Gasteiger partial charge in [-0.1, -0.05) is 0 Å². The first-order valence-electron chi connectivity index (χ1n) is 4.19. The number of carbonyl (C=O) groups is 1. The Morgan fingerprint density at radius 1 is 1.77 bits per heavy atom. The van der Waals surface area contributed by atoms with Crippen LogP contribution in [-0.4, -0.2) is 23.0 Å². The van der Waals surface area contributed by atoms with E-state index in [1.165, 1.54) is 26.1 Å². The highest BCUT2D eigenvalue weighted by Gasteiger charge is 2.27. The summed E-state index contributed by atoms with van der Waals surface area (Å²) in [5.74, 6) is 1.15. The minimum absolute atomic E-state index is 0.290. The van der Waals surface area contributed by atoms with Crippen LogP contribution in [0.2, 0.25) is 0 Å². The topological polar surface area (TPSA) is 67.0 Å². The molecule has 1 heterocycles. The Morgan fingerprint density at radius 3 is 3.15 bits per heavy atom. The Balaban J connectivity index is 2.07. The van der Waals surface area contributed by atoms with E-state index in [0.717, 1.165) is 5.82 Å². The number of hydrogen-bond acceptors (Lipinski definition) is 3. The highest BCUT2D eigenvalue weighted by molar-refractivity contribution is 5.91. The normalized spacial score (nSPS) is 15.8. The number of hydrogen-bond donors (Lipinski definition) is 2. The predicted molar refractivity (Wildman–Crippen MR) is 45.0 cm³/mol. The van der Waals surface area contributed by atoms with Gasteiger partial charge in [0.05, 0.1) is 13.3 Å². The van der Waals surface area contributed by atoms with Crippen LogP contribution in [0, 0.1) is 0 Å². The Labute approximate surface area is 75.5 Å². The summed E-state index contributed by atoms with van der Waals surface area (Å²) in [6.45, 7) is 0.